The molecule has 0 bridgehead atoms. The summed E-state index contributed by atoms with van der Waals surface area (Å²) in [6, 6.07) is 6.02. The van der Waals surface area contributed by atoms with Gasteiger partial charge in [-0.25, -0.2) is 8.42 Å². The van der Waals surface area contributed by atoms with Crippen molar-refractivity contribution in [2.45, 2.75) is 44.4 Å². The fraction of sp³-hybridized carbons (Fsp3) is 0.400. The van der Waals surface area contributed by atoms with Gasteiger partial charge >= 0.3 is 0 Å². The molecule has 0 aliphatic heterocycles. The summed E-state index contributed by atoms with van der Waals surface area (Å²) in [6.45, 7) is 3.94. The zero-order chi connectivity index (χ0) is 17.6. The lowest BCUT2D eigenvalue weighted by atomic mass is 10.2. The molecule has 0 radical (unpaired) electrons. The van der Waals surface area contributed by atoms with Crippen LogP contribution in [0.1, 0.15) is 38.1 Å². The van der Waals surface area contributed by atoms with Crippen molar-refractivity contribution in [2.75, 3.05) is 10.0 Å². The fourth-order valence-corrected chi connectivity index (χ4v) is 3.80. The zero-order valence-electron chi connectivity index (χ0n) is 13.6. The monoisotopic (exact) mass is 368 g/mol. The minimum atomic E-state index is -3.72. The summed E-state index contributed by atoms with van der Waals surface area (Å²) < 4.78 is 27.0. The number of nitrogens with one attached hydrogen (secondary N) is 2. The minimum absolute atomic E-state index is 0.0773. The molecule has 130 valence electrons. The number of amides is 1. The van der Waals surface area contributed by atoms with Gasteiger partial charge in [-0.2, -0.15) is 0 Å². The standard InChI is InChI=1S/C15H20N4O3S2/c1-3-5-6-13(20)16-11-7-9-12(10-8-11)24(21,22)19-15-18-17-14(4-2)23-15/h7-10H,3-6H2,1-2H3,(H,16,20)(H,18,19). The van der Waals surface area contributed by atoms with E-state index in [1.165, 1.54) is 23.5 Å². The van der Waals surface area contributed by atoms with Gasteiger partial charge in [-0.1, -0.05) is 31.6 Å². The summed E-state index contributed by atoms with van der Waals surface area (Å²) in [5.41, 5.74) is 0.569. The molecular weight excluding hydrogens is 348 g/mol. The molecule has 1 aromatic carbocycles. The quantitative estimate of drug-likeness (QED) is 0.746. The first-order valence-corrected chi connectivity index (χ1v) is 9.99. The second-order valence-corrected chi connectivity index (χ2v) is 7.88. The Morgan fingerprint density at radius 1 is 1.17 bits per heavy atom. The van der Waals surface area contributed by atoms with Crippen LogP contribution in [0, 0.1) is 0 Å². The molecule has 1 amide bonds. The summed E-state index contributed by atoms with van der Waals surface area (Å²) in [7, 11) is -3.72. The van der Waals surface area contributed by atoms with Crippen LogP contribution >= 0.6 is 11.3 Å². The molecule has 0 unspecified atom stereocenters. The highest BCUT2D eigenvalue weighted by molar-refractivity contribution is 7.93. The van der Waals surface area contributed by atoms with Crippen molar-refractivity contribution < 1.29 is 13.2 Å². The molecule has 0 saturated heterocycles. The lowest BCUT2D eigenvalue weighted by Gasteiger charge is -2.07. The number of unbranched alkanes of at least 4 members (excludes halogenated alkanes) is 1. The van der Waals surface area contributed by atoms with Gasteiger partial charge in [0.2, 0.25) is 11.0 Å². The maximum atomic E-state index is 12.3. The molecule has 1 aromatic heterocycles. The molecule has 0 aliphatic carbocycles. The van der Waals surface area contributed by atoms with Crippen LogP contribution in [0.4, 0.5) is 10.8 Å². The highest BCUT2D eigenvalue weighted by Crippen LogP contribution is 2.21. The third-order valence-electron chi connectivity index (χ3n) is 3.20. The molecule has 0 fully saturated rings. The Hall–Kier alpha value is -2.00. The summed E-state index contributed by atoms with van der Waals surface area (Å²) in [6.07, 6.45) is 2.92. The number of carbonyl (C=O) groups is 1. The van der Waals surface area contributed by atoms with E-state index in [-0.39, 0.29) is 15.9 Å². The van der Waals surface area contributed by atoms with Gasteiger partial charge in [0.1, 0.15) is 5.01 Å². The molecule has 1 heterocycles. The number of aromatic nitrogens is 2. The van der Waals surface area contributed by atoms with E-state index in [2.05, 4.69) is 20.2 Å². The van der Waals surface area contributed by atoms with Crippen molar-refractivity contribution in [1.82, 2.24) is 10.2 Å². The number of anilines is 2. The van der Waals surface area contributed by atoms with E-state index >= 15 is 0 Å². The molecule has 2 aromatic rings. The average Bonchev–Trinajstić information content (AvgIpc) is 3.00. The largest absolute Gasteiger partial charge is 0.326 e. The van der Waals surface area contributed by atoms with Gasteiger partial charge < -0.3 is 5.32 Å². The number of nitrogens with zero attached hydrogens (tertiary/aromatic N) is 2. The first-order chi connectivity index (χ1) is 11.4. The van der Waals surface area contributed by atoms with E-state index in [4.69, 9.17) is 0 Å². The fourth-order valence-electron chi connectivity index (χ4n) is 1.89. The van der Waals surface area contributed by atoms with Crippen molar-refractivity contribution in [3.05, 3.63) is 29.3 Å². The second kappa shape index (κ2) is 8.20. The number of aryl methyl sites for hydroxylation is 1. The Bertz CT molecular complexity index is 785. The SMILES string of the molecule is CCCCC(=O)Nc1ccc(S(=O)(=O)Nc2nnc(CC)s2)cc1. The lowest BCUT2D eigenvalue weighted by molar-refractivity contribution is -0.116. The minimum Gasteiger partial charge on any atom is -0.326 e. The molecule has 0 aliphatic rings. The number of carbonyl (C=O) groups excluding carboxylic acids is 1. The number of sulfonamides is 1. The highest BCUT2D eigenvalue weighted by atomic mass is 32.2. The second-order valence-electron chi connectivity index (χ2n) is 5.14. The van der Waals surface area contributed by atoms with Crippen LogP contribution in [-0.4, -0.2) is 24.5 Å². The molecular formula is C15H20N4O3S2. The topological polar surface area (TPSA) is 101 Å². The van der Waals surface area contributed by atoms with E-state index in [1.54, 1.807) is 12.1 Å². The number of rotatable bonds is 8. The van der Waals surface area contributed by atoms with Gasteiger partial charge in [-0.3, -0.25) is 9.52 Å². The van der Waals surface area contributed by atoms with Crippen LogP contribution < -0.4 is 10.0 Å². The van der Waals surface area contributed by atoms with E-state index in [1.807, 2.05) is 13.8 Å². The number of hydrogen-bond acceptors (Lipinski definition) is 6. The van der Waals surface area contributed by atoms with Crippen molar-refractivity contribution in [2.24, 2.45) is 0 Å². The predicted molar refractivity (Wildman–Crippen MR) is 94.7 cm³/mol. The van der Waals surface area contributed by atoms with Gasteiger partial charge in [-0.15, -0.1) is 10.2 Å². The van der Waals surface area contributed by atoms with Crippen LogP contribution in [0.25, 0.3) is 0 Å². The first-order valence-electron chi connectivity index (χ1n) is 7.69. The van der Waals surface area contributed by atoms with E-state index in [0.717, 1.165) is 17.8 Å². The van der Waals surface area contributed by atoms with E-state index in [0.29, 0.717) is 18.5 Å². The van der Waals surface area contributed by atoms with Crippen molar-refractivity contribution in [3.63, 3.8) is 0 Å². The van der Waals surface area contributed by atoms with Gasteiger partial charge in [0, 0.05) is 12.1 Å². The summed E-state index contributed by atoms with van der Waals surface area (Å²) in [5, 5.41) is 11.4. The molecule has 2 N–H and O–H groups in total. The Kier molecular flexibility index (Phi) is 6.27. The van der Waals surface area contributed by atoms with Crippen molar-refractivity contribution in [3.8, 4) is 0 Å². The molecule has 9 heteroatoms. The Labute approximate surface area is 145 Å². The van der Waals surface area contributed by atoms with Gasteiger partial charge in [0.05, 0.1) is 4.90 Å². The maximum Gasteiger partial charge on any atom is 0.263 e. The summed E-state index contributed by atoms with van der Waals surface area (Å²) in [4.78, 5) is 11.8. The Morgan fingerprint density at radius 2 is 1.88 bits per heavy atom. The van der Waals surface area contributed by atoms with Crippen LogP contribution in [0.2, 0.25) is 0 Å². The highest BCUT2D eigenvalue weighted by Gasteiger charge is 2.16. The molecule has 24 heavy (non-hydrogen) atoms. The lowest BCUT2D eigenvalue weighted by Crippen LogP contribution is -2.14. The Balaban J connectivity index is 2.04. The number of benzene rings is 1. The molecule has 2 rings (SSSR count). The molecule has 0 spiro atoms. The van der Waals surface area contributed by atoms with Crippen molar-refractivity contribution >= 4 is 38.1 Å². The normalized spacial score (nSPS) is 11.2. The van der Waals surface area contributed by atoms with Crippen LogP contribution in [0.5, 0.6) is 0 Å². The van der Waals surface area contributed by atoms with E-state index < -0.39 is 10.0 Å². The van der Waals surface area contributed by atoms with E-state index in [9.17, 15) is 13.2 Å². The van der Waals surface area contributed by atoms with Gasteiger partial charge in [-0.05, 0) is 37.1 Å². The maximum absolute atomic E-state index is 12.3. The first kappa shape index (κ1) is 18.3. The average molecular weight is 368 g/mol. The van der Waals surface area contributed by atoms with Crippen LogP contribution in [-0.2, 0) is 21.2 Å². The van der Waals surface area contributed by atoms with Crippen LogP contribution in [0.3, 0.4) is 0 Å². The predicted octanol–water partition coefficient (Wildman–Crippen LogP) is 3.03. The third kappa shape index (κ3) is 5.00. The zero-order valence-corrected chi connectivity index (χ0v) is 15.2. The van der Waals surface area contributed by atoms with Crippen molar-refractivity contribution in [1.29, 1.82) is 0 Å². The third-order valence-corrected chi connectivity index (χ3v) is 5.66. The molecule has 0 saturated carbocycles. The smallest absolute Gasteiger partial charge is 0.263 e. The van der Waals surface area contributed by atoms with Gasteiger partial charge in [0.25, 0.3) is 10.0 Å². The number of hydrogen-bond donors (Lipinski definition) is 2. The molecule has 0 atom stereocenters. The van der Waals surface area contributed by atoms with Gasteiger partial charge in [0.15, 0.2) is 0 Å². The Morgan fingerprint density at radius 3 is 2.46 bits per heavy atom. The summed E-state index contributed by atoms with van der Waals surface area (Å²) in [5.74, 6) is -0.0773. The summed E-state index contributed by atoms with van der Waals surface area (Å²) >= 11 is 1.20. The van der Waals surface area contributed by atoms with Crippen LogP contribution in [0.15, 0.2) is 29.2 Å². The molecule has 7 nitrogen and oxygen atoms in total.